The Balaban J connectivity index is 2.80. The Morgan fingerprint density at radius 1 is 2.00 bits per heavy atom. The Morgan fingerprint density at radius 3 is 2.00 bits per heavy atom. The van der Waals surface area contributed by atoms with Gasteiger partial charge in [0.2, 0.25) is 0 Å². The summed E-state index contributed by atoms with van der Waals surface area (Å²) < 4.78 is 0. The molecule has 2 nitrogen and oxygen atoms in total. The summed E-state index contributed by atoms with van der Waals surface area (Å²) in [6.45, 7) is 0.972. The molecule has 0 saturated carbocycles. The number of carbonyl (C=O) groups excluding carboxylic acids is 1. The average molecular weight is 61.0 g/mol. The van der Waals surface area contributed by atoms with E-state index >= 15 is 0 Å². The molecule has 0 aliphatic carbocycles. The van der Waals surface area contributed by atoms with E-state index in [1.807, 2.05) is 0 Å². The molecule has 0 heterocycles. The lowest BCUT2D eigenvalue weighted by atomic mass is 11.8. The highest BCUT2D eigenvalue weighted by atomic mass is 16.5. The van der Waals surface area contributed by atoms with Crippen molar-refractivity contribution in [2.75, 3.05) is 0 Å². The molecule has 0 aromatic heterocycles. The molecule has 0 aliphatic rings. The molecule has 0 radical (unpaired) electrons. The number of hydrogen-bond donors (Lipinski definition) is 0. The second kappa shape index (κ2) is 0.875. The third-order valence-corrected chi connectivity index (χ3v) is 0. The second-order valence-corrected chi connectivity index (χ2v) is 0.492. The van der Waals surface area contributed by atoms with Crippen LogP contribution in [0.3, 0.4) is 0 Å². The zero-order valence-electron chi connectivity index (χ0n) is 2.32. The van der Waals surface area contributed by atoms with Gasteiger partial charge < -0.3 is 9.90 Å². The van der Waals surface area contributed by atoms with Crippen molar-refractivity contribution < 1.29 is 9.90 Å². The zero-order valence-corrected chi connectivity index (χ0v) is 2.32. The quantitative estimate of drug-likeness (QED) is 0.328. The van der Waals surface area contributed by atoms with Crippen LogP contribution in [0.1, 0.15) is 6.92 Å². The van der Waals surface area contributed by atoms with E-state index < -0.39 is 5.97 Å². The molecule has 0 fully saturated rings. The highest BCUT2D eigenvalue weighted by Crippen LogP contribution is 1.31. The van der Waals surface area contributed by atoms with Gasteiger partial charge in [-0.05, 0) is 6.92 Å². The Labute approximate surface area is 24.1 Å². The lowest BCUT2D eigenvalue weighted by Gasteiger charge is -1.77. The van der Waals surface area contributed by atoms with E-state index in [0.717, 1.165) is 6.92 Å². The number of hydrogen-bond acceptors (Lipinski definition) is 2. The number of carbonyl (C=O) groups is 1. The number of carboxylic acids is 1. The first kappa shape index (κ1) is 3.47. The van der Waals surface area contributed by atoms with Crippen LogP contribution in [0.2, 0.25) is 0 Å². The molecular formula is C2H3O2-. The van der Waals surface area contributed by atoms with Crippen molar-refractivity contribution in [2.24, 2.45) is 0 Å². The molecule has 0 unspecified atom stereocenters. The molecule has 2 heteroatoms. The summed E-state index contributed by atoms with van der Waals surface area (Å²) in [5, 5.41) is 8.89. The van der Waals surface area contributed by atoms with Gasteiger partial charge in [-0.25, -0.2) is 0 Å². The van der Waals surface area contributed by atoms with Gasteiger partial charge in [-0.3, -0.25) is 0 Å². The highest BCUT2D eigenvalue weighted by molar-refractivity contribution is 5.60. The van der Waals surface area contributed by atoms with E-state index in [0.29, 0.717) is 0 Å². The van der Waals surface area contributed by atoms with Crippen molar-refractivity contribution in [1.82, 2.24) is 0 Å². The summed E-state index contributed by atoms with van der Waals surface area (Å²) in [5.74, 6) is -1.08. The number of carboxylic acid groups (broad SMARTS) is 1. The van der Waals surface area contributed by atoms with Crippen molar-refractivity contribution in [3.63, 3.8) is 0 Å². The van der Waals surface area contributed by atoms with Crippen LogP contribution >= 0.6 is 0 Å². The molecule has 0 atom stereocenters. The topological polar surface area (TPSA) is 40.1 Å². The predicted molar refractivity (Wildman–Crippen MR) is 10.7 cm³/mol. The first-order chi connectivity index (χ1) is 1.73. The fraction of sp³-hybridized carbons (Fsp3) is 0.500. The van der Waals surface area contributed by atoms with Crippen LogP contribution in [0, 0.1) is 0 Å². The van der Waals surface area contributed by atoms with Crippen molar-refractivity contribution >= 4 is 5.97 Å². The van der Waals surface area contributed by atoms with Crippen LogP contribution in [0.15, 0.2) is 0 Å². The van der Waals surface area contributed by atoms with Crippen LogP contribution in [-0.4, -0.2) is 5.97 Å². The van der Waals surface area contributed by atoms with Gasteiger partial charge in [-0.15, -0.1) is 0 Å². The third kappa shape index (κ3) is 1.16. The maximum absolute atomic E-state index is 8.89. The van der Waals surface area contributed by atoms with Crippen molar-refractivity contribution in [3.8, 4) is 0 Å². The van der Waals surface area contributed by atoms with E-state index in [-0.39, 0.29) is 0 Å². The molecule has 0 aromatic carbocycles. The fourth-order valence-electron chi connectivity index (χ4n) is 0. The van der Waals surface area contributed by atoms with Crippen molar-refractivity contribution in [3.05, 3.63) is 0 Å². The summed E-state index contributed by atoms with van der Waals surface area (Å²) in [6, 6.07) is 0. The van der Waals surface area contributed by atoms with Crippen molar-refractivity contribution in [2.45, 2.75) is 6.92 Å². The Kier molecular flexibility index (Phi) is 0.759. The molecule has 24 valence electrons. The van der Waals surface area contributed by atoms with E-state index in [4.69, 9.17) is 9.90 Å². The van der Waals surface area contributed by atoms with E-state index in [1.54, 1.807) is 0 Å². The van der Waals surface area contributed by atoms with Gasteiger partial charge in [-0.1, -0.05) is 0 Å². The van der Waals surface area contributed by atoms with Gasteiger partial charge in [0.1, 0.15) is 0 Å². The summed E-state index contributed by atoms with van der Waals surface area (Å²) >= 11 is 0. The molecule has 4 heavy (non-hydrogen) atoms. The molecule has 0 rings (SSSR count). The molecule has 0 spiro atoms. The van der Waals surface area contributed by atoms with Crippen LogP contribution in [0.4, 0.5) is 0 Å². The molecule has 0 bridgehead atoms. The first-order valence-corrected chi connectivity index (χ1v) is 0.908. The van der Waals surface area contributed by atoms with Gasteiger partial charge in [-0.2, -0.15) is 0 Å². The highest BCUT2D eigenvalue weighted by Gasteiger charge is 1.46. The molecule has 0 aliphatic heterocycles. The Hall–Kier alpha value is -0.530. The summed E-state index contributed by atoms with van der Waals surface area (Å²) in [6.07, 6.45) is 0. The molecule has 0 N–H and O–H groups in total. The van der Waals surface area contributed by atoms with Crippen LogP contribution in [0.5, 0.6) is 0 Å². The zero-order chi connectivity index (χ0) is 3.58. The first-order valence-electron chi connectivity index (χ1n) is 0.908. The predicted octanol–water partition coefficient (Wildman–Crippen LogP) is -1.24. The summed E-state index contributed by atoms with van der Waals surface area (Å²) in [7, 11) is 0. The maximum Gasteiger partial charge on any atom is 0.0383 e. The SMILES string of the molecule is [13CH3][13C](=O)[O-]. The van der Waals surface area contributed by atoms with Gasteiger partial charge in [0, 0.05) is 5.97 Å². The minimum atomic E-state index is -1.08. The van der Waals surface area contributed by atoms with E-state index in [2.05, 4.69) is 0 Å². The number of rotatable bonds is 0. The summed E-state index contributed by atoms with van der Waals surface area (Å²) in [4.78, 5) is 8.89. The fourth-order valence-corrected chi connectivity index (χ4v) is 0. The van der Waals surface area contributed by atoms with Crippen LogP contribution < -0.4 is 5.11 Å². The summed E-state index contributed by atoms with van der Waals surface area (Å²) in [5.41, 5.74) is 0. The van der Waals surface area contributed by atoms with E-state index in [9.17, 15) is 0 Å². The van der Waals surface area contributed by atoms with Gasteiger partial charge in [0.15, 0.2) is 0 Å². The second-order valence-electron chi connectivity index (χ2n) is 0.492. The minimum absolute atomic E-state index is 0.972. The minimum Gasteiger partial charge on any atom is -0.550 e. The van der Waals surface area contributed by atoms with Gasteiger partial charge in [0.05, 0.1) is 0 Å². The van der Waals surface area contributed by atoms with E-state index in [1.165, 1.54) is 0 Å². The molecule has 0 saturated heterocycles. The van der Waals surface area contributed by atoms with Crippen LogP contribution in [0.25, 0.3) is 0 Å². The maximum atomic E-state index is 8.89. The average Bonchev–Trinajstić information content (AvgIpc) is 0.811. The molecule has 0 aromatic rings. The standard InChI is InChI=1S/C2H4O2/c1-2(3)4/h1H3,(H,3,4)/p-1/i1+1,2+1. The monoisotopic (exact) mass is 61.0 g/mol. The van der Waals surface area contributed by atoms with Gasteiger partial charge in [0.25, 0.3) is 0 Å². The Bertz CT molecular complexity index is 27.0. The number of aliphatic carboxylic acids is 1. The third-order valence-electron chi connectivity index (χ3n) is 0. The smallest absolute Gasteiger partial charge is 0.0383 e. The normalized spacial score (nSPS) is 6.25. The largest absolute Gasteiger partial charge is 0.550 e. The van der Waals surface area contributed by atoms with Gasteiger partial charge >= 0.3 is 0 Å². The molecular weight excluding hydrogens is 58.0 g/mol. The van der Waals surface area contributed by atoms with Crippen LogP contribution in [-0.2, 0) is 4.79 Å². The lowest BCUT2D eigenvalue weighted by Crippen LogP contribution is -2.16. The van der Waals surface area contributed by atoms with Crippen molar-refractivity contribution in [1.29, 1.82) is 0 Å². The molecule has 0 amide bonds. The Morgan fingerprint density at radius 2 is 2.00 bits per heavy atom. The lowest BCUT2D eigenvalue weighted by molar-refractivity contribution is -0.302.